The maximum absolute atomic E-state index is 11.1. The average molecular weight is 236 g/mol. The molecule has 0 aliphatic rings. The van der Waals surface area contributed by atoms with Crippen molar-refractivity contribution >= 4 is 11.7 Å². The van der Waals surface area contributed by atoms with Crippen LogP contribution < -0.4 is 10.6 Å². The molecule has 0 spiro atoms. The maximum Gasteiger partial charge on any atom is 0.337 e. The Morgan fingerprint density at radius 3 is 2.76 bits per heavy atom. The third-order valence-electron chi connectivity index (χ3n) is 2.50. The Morgan fingerprint density at radius 2 is 2.12 bits per heavy atom. The van der Waals surface area contributed by atoms with E-state index in [4.69, 9.17) is 5.11 Å². The largest absolute Gasteiger partial charge is 0.478 e. The van der Waals surface area contributed by atoms with E-state index in [1.165, 1.54) is 0 Å². The summed E-state index contributed by atoms with van der Waals surface area (Å²) in [6, 6.07) is 5.43. The average Bonchev–Trinajstić information content (AvgIpc) is 2.30. The summed E-state index contributed by atoms with van der Waals surface area (Å²) in [5.74, 6) is -0.886. The molecule has 0 heterocycles. The predicted molar refractivity (Wildman–Crippen MR) is 69.8 cm³/mol. The Kier molecular flexibility index (Phi) is 5.49. The molecule has 3 N–H and O–H groups in total. The van der Waals surface area contributed by atoms with Crippen LogP contribution in [0.25, 0.3) is 0 Å². The molecule has 0 atom stereocenters. The van der Waals surface area contributed by atoms with Crippen molar-refractivity contribution in [3.05, 3.63) is 29.3 Å². The Balaban J connectivity index is 2.55. The predicted octanol–water partition coefficient (Wildman–Crippen LogP) is 2.10. The van der Waals surface area contributed by atoms with E-state index in [-0.39, 0.29) is 0 Å². The van der Waals surface area contributed by atoms with Crippen molar-refractivity contribution in [2.75, 3.05) is 25.0 Å². The minimum atomic E-state index is -0.886. The van der Waals surface area contributed by atoms with E-state index in [2.05, 4.69) is 17.6 Å². The molecule has 0 unspecified atom stereocenters. The van der Waals surface area contributed by atoms with Crippen LogP contribution >= 0.6 is 0 Å². The highest BCUT2D eigenvalue weighted by atomic mass is 16.4. The highest BCUT2D eigenvalue weighted by Crippen LogP contribution is 2.17. The number of aryl methyl sites for hydroxylation is 1. The van der Waals surface area contributed by atoms with Crippen LogP contribution in [0.15, 0.2) is 18.2 Å². The molecule has 0 aromatic heterocycles. The standard InChI is InChI=1S/C13H20N2O2/c1-3-14-7-4-8-15-12-6-5-10(2)9-11(12)13(16)17/h5-6,9,14-15H,3-4,7-8H2,1-2H3,(H,16,17). The van der Waals surface area contributed by atoms with Crippen molar-refractivity contribution in [2.45, 2.75) is 20.3 Å². The molecule has 0 radical (unpaired) electrons. The van der Waals surface area contributed by atoms with E-state index >= 15 is 0 Å². The minimum absolute atomic E-state index is 0.341. The fraction of sp³-hybridized carbons (Fsp3) is 0.462. The molecule has 1 aromatic rings. The topological polar surface area (TPSA) is 61.4 Å². The highest BCUT2D eigenvalue weighted by Gasteiger charge is 2.09. The first-order valence-corrected chi connectivity index (χ1v) is 5.93. The van der Waals surface area contributed by atoms with Gasteiger partial charge < -0.3 is 15.7 Å². The lowest BCUT2D eigenvalue weighted by Crippen LogP contribution is -2.17. The van der Waals surface area contributed by atoms with Gasteiger partial charge in [-0.2, -0.15) is 0 Å². The second-order valence-corrected chi connectivity index (χ2v) is 3.99. The monoisotopic (exact) mass is 236 g/mol. The molecular formula is C13H20N2O2. The summed E-state index contributed by atoms with van der Waals surface area (Å²) in [7, 11) is 0. The van der Waals surface area contributed by atoms with Crippen molar-refractivity contribution in [2.24, 2.45) is 0 Å². The van der Waals surface area contributed by atoms with Gasteiger partial charge in [-0.3, -0.25) is 0 Å². The fourth-order valence-electron chi connectivity index (χ4n) is 1.60. The Hall–Kier alpha value is -1.55. The second-order valence-electron chi connectivity index (χ2n) is 3.99. The van der Waals surface area contributed by atoms with Gasteiger partial charge in [-0.15, -0.1) is 0 Å². The molecule has 0 saturated heterocycles. The van der Waals surface area contributed by atoms with Crippen LogP contribution in [-0.4, -0.2) is 30.7 Å². The quantitative estimate of drug-likeness (QED) is 0.634. The molecule has 1 rings (SSSR count). The number of carboxylic acids is 1. The molecule has 4 heteroatoms. The van der Waals surface area contributed by atoms with E-state index in [0.29, 0.717) is 11.3 Å². The van der Waals surface area contributed by atoms with Crippen molar-refractivity contribution in [3.8, 4) is 0 Å². The summed E-state index contributed by atoms with van der Waals surface area (Å²) in [6.07, 6.45) is 0.973. The first-order valence-electron chi connectivity index (χ1n) is 5.93. The fourth-order valence-corrected chi connectivity index (χ4v) is 1.60. The van der Waals surface area contributed by atoms with Crippen molar-refractivity contribution < 1.29 is 9.90 Å². The number of anilines is 1. The number of rotatable bonds is 7. The summed E-state index contributed by atoms with van der Waals surface area (Å²) in [5.41, 5.74) is 1.99. The number of nitrogens with one attached hydrogen (secondary N) is 2. The number of aromatic carboxylic acids is 1. The van der Waals surface area contributed by atoms with E-state index in [1.54, 1.807) is 6.07 Å². The third kappa shape index (κ3) is 4.44. The SMILES string of the molecule is CCNCCCNc1ccc(C)cc1C(=O)O. The van der Waals surface area contributed by atoms with E-state index in [0.717, 1.165) is 31.6 Å². The van der Waals surface area contributed by atoms with E-state index < -0.39 is 5.97 Å². The number of hydrogen-bond acceptors (Lipinski definition) is 3. The maximum atomic E-state index is 11.1. The van der Waals surface area contributed by atoms with Crippen molar-refractivity contribution in [1.29, 1.82) is 0 Å². The summed E-state index contributed by atoms with van der Waals surface area (Å²) in [4.78, 5) is 11.1. The molecule has 0 aliphatic carbocycles. The molecule has 0 fully saturated rings. The molecule has 0 bridgehead atoms. The first kappa shape index (κ1) is 13.5. The molecule has 4 nitrogen and oxygen atoms in total. The molecular weight excluding hydrogens is 216 g/mol. The number of carbonyl (C=O) groups is 1. The van der Waals surface area contributed by atoms with Gasteiger partial charge in [-0.1, -0.05) is 18.6 Å². The van der Waals surface area contributed by atoms with Gasteiger partial charge >= 0.3 is 5.97 Å². The van der Waals surface area contributed by atoms with E-state index in [9.17, 15) is 4.79 Å². The van der Waals surface area contributed by atoms with Crippen LogP contribution in [0.4, 0.5) is 5.69 Å². The Morgan fingerprint density at radius 1 is 1.35 bits per heavy atom. The van der Waals surface area contributed by atoms with Crippen molar-refractivity contribution in [3.63, 3.8) is 0 Å². The second kappa shape index (κ2) is 6.91. The van der Waals surface area contributed by atoms with Crippen LogP contribution in [0.5, 0.6) is 0 Å². The van der Waals surface area contributed by atoms with Crippen molar-refractivity contribution in [1.82, 2.24) is 5.32 Å². The summed E-state index contributed by atoms with van der Waals surface area (Å²) < 4.78 is 0. The summed E-state index contributed by atoms with van der Waals surface area (Å²) in [6.45, 7) is 6.64. The first-order chi connectivity index (χ1) is 8.15. The number of hydrogen-bond donors (Lipinski definition) is 3. The molecule has 17 heavy (non-hydrogen) atoms. The van der Waals surface area contributed by atoms with Crippen LogP contribution in [0, 0.1) is 6.92 Å². The lowest BCUT2D eigenvalue weighted by molar-refractivity contribution is 0.0698. The zero-order valence-electron chi connectivity index (χ0n) is 10.4. The van der Waals surface area contributed by atoms with Gasteiger partial charge in [-0.25, -0.2) is 4.79 Å². The molecule has 94 valence electrons. The third-order valence-corrected chi connectivity index (χ3v) is 2.50. The van der Waals surface area contributed by atoms with Gasteiger partial charge in [0.2, 0.25) is 0 Å². The molecule has 1 aromatic carbocycles. The Bertz CT molecular complexity index is 378. The van der Waals surface area contributed by atoms with Crippen LogP contribution in [-0.2, 0) is 0 Å². The molecule has 0 aliphatic heterocycles. The van der Waals surface area contributed by atoms with Gasteiger partial charge in [0.25, 0.3) is 0 Å². The Labute approximate surface area is 102 Å². The van der Waals surface area contributed by atoms with Gasteiger partial charge in [0.05, 0.1) is 5.56 Å². The highest BCUT2D eigenvalue weighted by molar-refractivity contribution is 5.94. The van der Waals surface area contributed by atoms with Crippen LogP contribution in [0.2, 0.25) is 0 Å². The van der Waals surface area contributed by atoms with Crippen LogP contribution in [0.1, 0.15) is 29.3 Å². The van der Waals surface area contributed by atoms with E-state index in [1.807, 2.05) is 19.1 Å². The van der Waals surface area contributed by atoms with Gasteiger partial charge in [-0.05, 0) is 38.6 Å². The minimum Gasteiger partial charge on any atom is -0.478 e. The van der Waals surface area contributed by atoms with Crippen LogP contribution in [0.3, 0.4) is 0 Å². The van der Waals surface area contributed by atoms with Gasteiger partial charge in [0.1, 0.15) is 0 Å². The molecule has 0 saturated carbocycles. The summed E-state index contributed by atoms with van der Waals surface area (Å²) >= 11 is 0. The number of carboxylic acid groups (broad SMARTS) is 1. The normalized spacial score (nSPS) is 10.2. The smallest absolute Gasteiger partial charge is 0.337 e. The van der Waals surface area contributed by atoms with Gasteiger partial charge in [0, 0.05) is 12.2 Å². The summed E-state index contributed by atoms with van der Waals surface area (Å²) in [5, 5.41) is 15.5. The molecule has 0 amide bonds. The number of benzene rings is 1. The van der Waals surface area contributed by atoms with Gasteiger partial charge in [0.15, 0.2) is 0 Å². The zero-order chi connectivity index (χ0) is 12.7. The lowest BCUT2D eigenvalue weighted by atomic mass is 10.1. The lowest BCUT2D eigenvalue weighted by Gasteiger charge is -2.10. The zero-order valence-corrected chi connectivity index (χ0v) is 10.4.